The van der Waals surface area contributed by atoms with Crippen molar-refractivity contribution < 1.29 is 20.4 Å². The zero-order chi connectivity index (χ0) is 16.6. The first-order valence-corrected chi connectivity index (χ1v) is 8.11. The molecule has 2 heterocycles. The van der Waals surface area contributed by atoms with Gasteiger partial charge in [0.05, 0.1) is 16.4 Å². The maximum absolute atomic E-state index is 10.2. The average molecular weight is 337 g/mol. The van der Waals surface area contributed by atoms with E-state index in [-0.39, 0.29) is 10.9 Å². The molecule has 24 heavy (non-hydrogen) atoms. The number of rotatable bonds is 0. The van der Waals surface area contributed by atoms with Crippen molar-refractivity contribution in [2.75, 3.05) is 0 Å². The molecule has 0 saturated heterocycles. The lowest BCUT2D eigenvalue weighted by atomic mass is 10.1. The fraction of sp³-hybridized carbons (Fsp3) is 0. The molecule has 2 aromatic heterocycles. The summed E-state index contributed by atoms with van der Waals surface area (Å²) in [6.07, 6.45) is 0. The first-order chi connectivity index (χ1) is 11.6. The molecule has 0 fully saturated rings. The van der Waals surface area contributed by atoms with Gasteiger partial charge in [-0.25, -0.2) is 0 Å². The van der Waals surface area contributed by atoms with Crippen molar-refractivity contribution >= 4 is 53.3 Å². The topological polar surface area (TPSA) is 96.7 Å². The molecule has 0 aliphatic carbocycles. The zero-order valence-electron chi connectivity index (χ0n) is 12.2. The number of aromatic hydroxyl groups is 4. The van der Waals surface area contributed by atoms with E-state index in [2.05, 4.69) is 4.98 Å². The van der Waals surface area contributed by atoms with Gasteiger partial charge in [0.25, 0.3) is 0 Å². The molecule has 5 N–H and O–H groups in total. The lowest BCUT2D eigenvalue weighted by Gasteiger charge is -2.05. The van der Waals surface area contributed by atoms with Crippen LogP contribution < -0.4 is 0 Å². The molecule has 0 bridgehead atoms. The molecule has 5 nitrogen and oxygen atoms in total. The number of phenols is 4. The van der Waals surface area contributed by atoms with Crippen LogP contribution in [0, 0.1) is 0 Å². The molecule has 0 atom stereocenters. The van der Waals surface area contributed by atoms with E-state index in [1.54, 1.807) is 11.3 Å². The molecule has 0 spiro atoms. The highest BCUT2D eigenvalue weighted by Gasteiger charge is 2.23. The number of H-pyrrole nitrogens is 1. The SMILES string of the molecule is Oc1c(O)c(O)c2c([nH]c3c2ccc2sc4ccccc4c23)c1O. The van der Waals surface area contributed by atoms with Crippen molar-refractivity contribution in [1.82, 2.24) is 4.98 Å². The number of nitrogens with one attached hydrogen (secondary N) is 1. The van der Waals surface area contributed by atoms with Crippen LogP contribution in [0.2, 0.25) is 0 Å². The van der Waals surface area contributed by atoms with E-state index in [1.165, 1.54) is 0 Å². The van der Waals surface area contributed by atoms with E-state index < -0.39 is 23.0 Å². The van der Waals surface area contributed by atoms with Gasteiger partial charge in [-0.3, -0.25) is 0 Å². The van der Waals surface area contributed by atoms with Crippen LogP contribution in [-0.2, 0) is 0 Å². The summed E-state index contributed by atoms with van der Waals surface area (Å²) in [4.78, 5) is 3.10. The van der Waals surface area contributed by atoms with Gasteiger partial charge in [-0.05, 0) is 12.1 Å². The Morgan fingerprint density at radius 1 is 0.625 bits per heavy atom. The standard InChI is InChI=1S/C18H11NO4S/c20-15-12-8-5-6-10-11(7-3-1-2-4-9(7)24-10)13(8)19-14(12)16(21)18(23)17(15)22/h1-6,19-23H. The van der Waals surface area contributed by atoms with Crippen LogP contribution in [0.15, 0.2) is 36.4 Å². The molecule has 6 heteroatoms. The van der Waals surface area contributed by atoms with Crippen molar-refractivity contribution in [3.05, 3.63) is 36.4 Å². The highest BCUT2D eigenvalue weighted by molar-refractivity contribution is 7.26. The minimum Gasteiger partial charge on any atom is -0.504 e. The second-order valence-corrected chi connectivity index (χ2v) is 6.81. The Hall–Kier alpha value is -3.12. The lowest BCUT2D eigenvalue weighted by Crippen LogP contribution is -1.77. The van der Waals surface area contributed by atoms with E-state index >= 15 is 0 Å². The van der Waals surface area contributed by atoms with Gasteiger partial charge in [0, 0.05) is 25.6 Å². The number of aromatic nitrogens is 1. The first-order valence-electron chi connectivity index (χ1n) is 7.29. The van der Waals surface area contributed by atoms with Gasteiger partial charge in [-0.15, -0.1) is 11.3 Å². The minimum atomic E-state index is -0.738. The molecule has 0 unspecified atom stereocenters. The minimum absolute atomic E-state index is 0.195. The summed E-state index contributed by atoms with van der Waals surface area (Å²) in [6, 6.07) is 11.8. The number of benzene rings is 3. The van der Waals surface area contributed by atoms with Crippen LogP contribution in [0.1, 0.15) is 0 Å². The Morgan fingerprint density at radius 3 is 2.21 bits per heavy atom. The number of hydrogen-bond acceptors (Lipinski definition) is 5. The van der Waals surface area contributed by atoms with Crippen molar-refractivity contribution in [3.8, 4) is 23.0 Å². The van der Waals surface area contributed by atoms with Gasteiger partial charge in [0.15, 0.2) is 11.5 Å². The van der Waals surface area contributed by atoms with Gasteiger partial charge in [-0.1, -0.05) is 24.3 Å². The third-order valence-corrected chi connectivity index (χ3v) is 5.60. The molecular formula is C18H11NO4S. The Balaban J connectivity index is 2.12. The molecule has 118 valence electrons. The summed E-state index contributed by atoms with van der Waals surface area (Å²) in [5, 5.41) is 43.0. The monoisotopic (exact) mass is 337 g/mol. The van der Waals surface area contributed by atoms with Crippen LogP contribution >= 0.6 is 11.3 Å². The van der Waals surface area contributed by atoms with Crippen molar-refractivity contribution in [3.63, 3.8) is 0 Å². The Morgan fingerprint density at radius 2 is 1.38 bits per heavy atom. The molecular weight excluding hydrogens is 326 g/mol. The first kappa shape index (κ1) is 13.3. The number of thiophene rings is 1. The van der Waals surface area contributed by atoms with E-state index in [0.717, 1.165) is 25.7 Å². The van der Waals surface area contributed by atoms with Crippen molar-refractivity contribution in [1.29, 1.82) is 0 Å². The number of hydrogen-bond donors (Lipinski definition) is 5. The number of phenolic OH excluding ortho intramolecular Hbond substituents is 4. The molecule has 0 amide bonds. The van der Waals surface area contributed by atoms with Gasteiger partial charge in [0.1, 0.15) is 0 Å². The predicted octanol–water partition coefficient (Wildman–Crippen LogP) is 4.51. The van der Waals surface area contributed by atoms with Crippen molar-refractivity contribution in [2.24, 2.45) is 0 Å². The van der Waals surface area contributed by atoms with Gasteiger partial charge in [0.2, 0.25) is 11.5 Å². The normalized spacial score (nSPS) is 12.0. The van der Waals surface area contributed by atoms with E-state index in [0.29, 0.717) is 5.39 Å². The molecule has 0 saturated carbocycles. The Bertz CT molecular complexity index is 1300. The fourth-order valence-corrected chi connectivity index (χ4v) is 4.48. The van der Waals surface area contributed by atoms with E-state index in [4.69, 9.17) is 0 Å². The number of aromatic amines is 1. The molecule has 0 aliphatic heterocycles. The number of fused-ring (bicyclic) bond motifs is 7. The van der Waals surface area contributed by atoms with Crippen LogP contribution in [0.25, 0.3) is 42.0 Å². The predicted molar refractivity (Wildman–Crippen MR) is 95.4 cm³/mol. The lowest BCUT2D eigenvalue weighted by molar-refractivity contribution is 0.350. The fourth-order valence-electron chi connectivity index (χ4n) is 3.36. The second kappa shape index (κ2) is 4.24. The van der Waals surface area contributed by atoms with Crippen LogP contribution in [0.3, 0.4) is 0 Å². The van der Waals surface area contributed by atoms with Gasteiger partial charge in [-0.2, -0.15) is 0 Å². The summed E-state index contributed by atoms with van der Waals surface area (Å²) >= 11 is 1.66. The largest absolute Gasteiger partial charge is 0.504 e. The third kappa shape index (κ3) is 1.43. The maximum Gasteiger partial charge on any atom is 0.206 e. The third-order valence-electron chi connectivity index (χ3n) is 4.46. The maximum atomic E-state index is 10.2. The smallest absolute Gasteiger partial charge is 0.206 e. The molecule has 5 aromatic rings. The Labute approximate surface area is 138 Å². The highest BCUT2D eigenvalue weighted by Crippen LogP contribution is 2.51. The van der Waals surface area contributed by atoms with Crippen LogP contribution in [-0.4, -0.2) is 25.4 Å². The summed E-state index contributed by atoms with van der Waals surface area (Å²) in [5.41, 5.74) is 0.941. The zero-order valence-corrected chi connectivity index (χ0v) is 13.0. The molecule has 0 aliphatic rings. The Kier molecular flexibility index (Phi) is 2.36. The highest BCUT2D eigenvalue weighted by atomic mass is 32.1. The summed E-state index contributed by atoms with van der Waals surface area (Å²) in [5.74, 6) is -2.40. The summed E-state index contributed by atoms with van der Waals surface area (Å²) in [7, 11) is 0. The summed E-state index contributed by atoms with van der Waals surface area (Å²) < 4.78 is 2.21. The summed E-state index contributed by atoms with van der Waals surface area (Å²) in [6.45, 7) is 0. The van der Waals surface area contributed by atoms with Gasteiger partial charge >= 0.3 is 0 Å². The van der Waals surface area contributed by atoms with E-state index in [9.17, 15) is 20.4 Å². The van der Waals surface area contributed by atoms with Crippen molar-refractivity contribution in [2.45, 2.75) is 0 Å². The van der Waals surface area contributed by atoms with Crippen LogP contribution in [0.5, 0.6) is 23.0 Å². The molecule has 0 radical (unpaired) electrons. The van der Waals surface area contributed by atoms with Gasteiger partial charge < -0.3 is 25.4 Å². The van der Waals surface area contributed by atoms with Crippen LogP contribution in [0.4, 0.5) is 0 Å². The average Bonchev–Trinajstić information content (AvgIpc) is 3.15. The quantitative estimate of drug-likeness (QED) is 0.212. The second-order valence-electron chi connectivity index (χ2n) is 5.73. The van der Waals surface area contributed by atoms with E-state index in [1.807, 2.05) is 36.4 Å². The molecule has 3 aromatic carbocycles. The molecule has 5 rings (SSSR count).